The van der Waals surface area contributed by atoms with Crippen molar-refractivity contribution >= 4 is 0 Å². The highest BCUT2D eigenvalue weighted by molar-refractivity contribution is 5.69. The van der Waals surface area contributed by atoms with E-state index in [0.29, 0.717) is 23.8 Å². The van der Waals surface area contributed by atoms with Gasteiger partial charge in [0.05, 0.1) is 36.0 Å². The predicted molar refractivity (Wildman–Crippen MR) is 105 cm³/mol. The number of aliphatic hydroxyl groups excluding tert-OH is 1. The predicted octanol–water partition coefficient (Wildman–Crippen LogP) is 4.31. The first-order valence-electron chi connectivity index (χ1n) is 10.7. The fraction of sp³-hybridized carbons (Fsp3) is 0.609. The summed E-state index contributed by atoms with van der Waals surface area (Å²) in [6, 6.07) is 4.96. The van der Waals surface area contributed by atoms with Crippen molar-refractivity contribution in [3.63, 3.8) is 0 Å². The molecular formula is C23H29FN2O2. The summed E-state index contributed by atoms with van der Waals surface area (Å²) < 4.78 is 16.7. The second kappa shape index (κ2) is 6.67. The Bertz CT molecular complexity index is 881. The Balaban J connectivity index is 1.40. The molecule has 5 heteroatoms. The van der Waals surface area contributed by atoms with E-state index in [1.54, 1.807) is 18.6 Å². The molecule has 0 radical (unpaired) electrons. The number of fused-ring (bicyclic) bond motifs is 5. The second-order valence-corrected chi connectivity index (χ2v) is 9.30. The van der Waals surface area contributed by atoms with Crippen LogP contribution in [0.2, 0.25) is 0 Å². The number of benzene rings is 1. The Kier molecular flexibility index (Phi) is 4.36. The van der Waals surface area contributed by atoms with Gasteiger partial charge in [0.25, 0.3) is 0 Å². The molecule has 1 aliphatic heterocycles. The molecule has 150 valence electrons. The number of aromatic nitrogens is 2. The summed E-state index contributed by atoms with van der Waals surface area (Å²) in [5.74, 6) is 0.908. The highest BCUT2D eigenvalue weighted by Gasteiger charge is 2.46. The molecule has 1 aromatic heterocycles. The van der Waals surface area contributed by atoms with Gasteiger partial charge in [-0.2, -0.15) is 0 Å². The quantitative estimate of drug-likeness (QED) is 0.826. The average Bonchev–Trinajstić information content (AvgIpc) is 3.25. The zero-order valence-corrected chi connectivity index (χ0v) is 16.4. The molecule has 28 heavy (non-hydrogen) atoms. The van der Waals surface area contributed by atoms with E-state index in [0.717, 1.165) is 49.8 Å². The Morgan fingerprint density at radius 3 is 3.00 bits per heavy atom. The average molecular weight is 384 g/mol. The largest absolute Gasteiger partial charge is 0.393 e. The number of imidazole rings is 1. The van der Waals surface area contributed by atoms with E-state index in [2.05, 4.69) is 11.9 Å². The first-order chi connectivity index (χ1) is 13.5. The third-order valence-corrected chi connectivity index (χ3v) is 7.74. The highest BCUT2D eigenvalue weighted by atomic mass is 19.1. The molecule has 2 aromatic rings. The molecule has 5 rings (SSSR count). The maximum Gasteiger partial charge on any atom is 0.129 e. The highest BCUT2D eigenvalue weighted by Crippen LogP contribution is 2.51. The Morgan fingerprint density at radius 1 is 1.32 bits per heavy atom. The fourth-order valence-electron chi connectivity index (χ4n) is 6.34. The van der Waals surface area contributed by atoms with Gasteiger partial charge in [-0.15, -0.1) is 0 Å². The lowest BCUT2D eigenvalue weighted by atomic mass is 9.60. The van der Waals surface area contributed by atoms with Crippen LogP contribution >= 0.6 is 0 Å². The smallest absolute Gasteiger partial charge is 0.129 e. The van der Waals surface area contributed by atoms with Crippen LogP contribution in [0.3, 0.4) is 0 Å². The molecule has 2 saturated carbocycles. The van der Waals surface area contributed by atoms with Crippen molar-refractivity contribution in [3.8, 4) is 11.3 Å². The first kappa shape index (κ1) is 18.3. The maximum atomic E-state index is 14.7. The minimum atomic E-state index is -0.574. The van der Waals surface area contributed by atoms with E-state index in [1.807, 2.05) is 10.6 Å². The first-order valence-corrected chi connectivity index (χ1v) is 10.7. The van der Waals surface area contributed by atoms with Crippen LogP contribution in [0, 0.1) is 23.6 Å². The van der Waals surface area contributed by atoms with Crippen LogP contribution in [0.25, 0.3) is 11.3 Å². The van der Waals surface area contributed by atoms with Crippen LogP contribution < -0.4 is 0 Å². The number of aliphatic hydroxyl groups is 2. The number of hydrogen-bond donors (Lipinski definition) is 2. The van der Waals surface area contributed by atoms with Gasteiger partial charge in [-0.3, -0.25) is 0 Å². The Hall–Kier alpha value is -1.72. The molecule has 2 fully saturated rings. The summed E-state index contributed by atoms with van der Waals surface area (Å²) >= 11 is 0. The Morgan fingerprint density at radius 2 is 2.18 bits per heavy atom. The lowest BCUT2D eigenvalue weighted by Gasteiger charge is -2.49. The van der Waals surface area contributed by atoms with Gasteiger partial charge in [0.1, 0.15) is 5.82 Å². The molecule has 2 N–H and O–H groups in total. The summed E-state index contributed by atoms with van der Waals surface area (Å²) in [5, 5.41) is 22.1. The minimum absolute atomic E-state index is 0.178. The van der Waals surface area contributed by atoms with Gasteiger partial charge in [0, 0.05) is 11.1 Å². The number of rotatable bonds is 4. The lowest BCUT2D eigenvalue weighted by Crippen LogP contribution is -2.46. The van der Waals surface area contributed by atoms with Crippen LogP contribution in [0.1, 0.15) is 63.5 Å². The zero-order chi connectivity index (χ0) is 19.5. The van der Waals surface area contributed by atoms with Crippen LogP contribution in [0.15, 0.2) is 30.7 Å². The molecule has 6 atom stereocenters. The molecule has 0 saturated heterocycles. The summed E-state index contributed by atoms with van der Waals surface area (Å²) in [6.45, 7) is 2.06. The number of halogens is 1. The van der Waals surface area contributed by atoms with E-state index in [4.69, 9.17) is 0 Å². The monoisotopic (exact) mass is 384 g/mol. The molecular weight excluding hydrogens is 355 g/mol. The van der Waals surface area contributed by atoms with Crippen LogP contribution in [0.4, 0.5) is 4.39 Å². The molecule has 1 aromatic carbocycles. The van der Waals surface area contributed by atoms with Crippen molar-refractivity contribution in [1.29, 1.82) is 0 Å². The molecule has 2 bridgehead atoms. The van der Waals surface area contributed by atoms with E-state index in [9.17, 15) is 14.6 Å². The summed E-state index contributed by atoms with van der Waals surface area (Å²) in [6.07, 6.45) is 9.17. The lowest BCUT2D eigenvalue weighted by molar-refractivity contribution is -0.0904. The number of nitrogens with zero attached hydrogens (tertiary/aromatic N) is 2. The van der Waals surface area contributed by atoms with Gasteiger partial charge >= 0.3 is 0 Å². The topological polar surface area (TPSA) is 58.3 Å². The second-order valence-electron chi connectivity index (χ2n) is 9.30. The van der Waals surface area contributed by atoms with Crippen molar-refractivity contribution < 1.29 is 14.6 Å². The van der Waals surface area contributed by atoms with Gasteiger partial charge in [-0.25, -0.2) is 9.37 Å². The van der Waals surface area contributed by atoms with Crippen LogP contribution in [-0.4, -0.2) is 31.5 Å². The molecule has 4 unspecified atom stereocenters. The maximum absolute atomic E-state index is 14.7. The molecule has 2 aliphatic carbocycles. The van der Waals surface area contributed by atoms with Crippen LogP contribution in [0.5, 0.6) is 0 Å². The summed E-state index contributed by atoms with van der Waals surface area (Å²) in [4.78, 5) is 4.25. The van der Waals surface area contributed by atoms with Crippen molar-refractivity contribution in [3.05, 3.63) is 42.1 Å². The molecule has 0 spiro atoms. The third kappa shape index (κ3) is 2.82. The minimum Gasteiger partial charge on any atom is -0.393 e. The summed E-state index contributed by atoms with van der Waals surface area (Å²) in [7, 11) is 0. The van der Waals surface area contributed by atoms with Crippen molar-refractivity contribution in [1.82, 2.24) is 9.55 Å². The normalized spacial score (nSPS) is 34.7. The molecule has 2 heterocycles. The van der Waals surface area contributed by atoms with Crippen LogP contribution in [-0.2, 0) is 0 Å². The van der Waals surface area contributed by atoms with E-state index in [1.165, 1.54) is 6.07 Å². The van der Waals surface area contributed by atoms with Gasteiger partial charge in [0.2, 0.25) is 0 Å². The van der Waals surface area contributed by atoms with Crippen molar-refractivity contribution in [2.75, 3.05) is 0 Å². The Labute approximate surface area is 165 Å². The summed E-state index contributed by atoms with van der Waals surface area (Å²) in [5.41, 5.74) is 1.92. The third-order valence-electron chi connectivity index (χ3n) is 7.74. The zero-order valence-electron chi connectivity index (χ0n) is 16.4. The van der Waals surface area contributed by atoms with E-state index < -0.39 is 11.7 Å². The number of hydrogen-bond acceptors (Lipinski definition) is 3. The van der Waals surface area contributed by atoms with Gasteiger partial charge in [-0.1, -0.05) is 19.1 Å². The van der Waals surface area contributed by atoms with Gasteiger partial charge < -0.3 is 14.8 Å². The van der Waals surface area contributed by atoms with Crippen molar-refractivity contribution in [2.45, 2.75) is 69.6 Å². The van der Waals surface area contributed by atoms with Crippen molar-refractivity contribution in [2.24, 2.45) is 17.8 Å². The molecule has 0 amide bonds. The standard InChI is InChI=1S/C23H29FN2O2/c1-2-23(28)10-14-6-7-16(15(8-14)11-23)21(27)9-19-22-17(4-3-5-18(22)24)20-12-25-13-26(19)20/h3-5,12-16,19,21,27-28H,2,6-11H2,1H3/t14?,15?,16?,19-,21-,23?/m1/s1. The molecule has 3 aliphatic rings. The SMILES string of the molecule is CCC1(O)CC2CCC([C@H](O)C[C@@H]3c4c(F)cccc4-c4cncn43)C(C2)C1. The molecule has 4 nitrogen and oxygen atoms in total. The van der Waals surface area contributed by atoms with Gasteiger partial charge in [-0.05, 0) is 68.8 Å². The fourth-order valence-corrected chi connectivity index (χ4v) is 6.34. The van der Waals surface area contributed by atoms with E-state index >= 15 is 0 Å². The van der Waals surface area contributed by atoms with E-state index in [-0.39, 0.29) is 17.8 Å². The van der Waals surface area contributed by atoms with Gasteiger partial charge in [0.15, 0.2) is 0 Å².